The van der Waals surface area contributed by atoms with Crippen molar-refractivity contribution in [2.45, 2.75) is 13.8 Å². The molecule has 0 saturated carbocycles. The zero-order chi connectivity index (χ0) is 10.4. The van der Waals surface area contributed by atoms with Gasteiger partial charge in [0.1, 0.15) is 5.75 Å². The Kier molecular flexibility index (Phi) is 3.98. The van der Waals surface area contributed by atoms with Crippen LogP contribution in [0.1, 0.15) is 13.8 Å². The Hall–Kier alpha value is -1.51. The van der Waals surface area contributed by atoms with Gasteiger partial charge >= 0.3 is 6.09 Å². The molecule has 3 heteroatoms. The van der Waals surface area contributed by atoms with Gasteiger partial charge in [-0.25, -0.2) is 4.79 Å². The van der Waals surface area contributed by atoms with Crippen molar-refractivity contribution in [3.8, 4) is 5.75 Å². The molecule has 0 bridgehead atoms. The summed E-state index contributed by atoms with van der Waals surface area (Å²) in [6.07, 6.45) is -0.398. The van der Waals surface area contributed by atoms with Crippen LogP contribution in [-0.2, 0) is 0 Å². The molecule has 0 saturated heterocycles. The molecule has 1 amide bonds. The van der Waals surface area contributed by atoms with Gasteiger partial charge in [-0.3, -0.25) is 0 Å². The number of amides is 1. The minimum atomic E-state index is -0.398. The predicted octanol–water partition coefficient (Wildman–Crippen LogP) is 2.43. The molecule has 0 aliphatic carbocycles. The molecule has 0 aliphatic rings. The fourth-order valence-electron chi connectivity index (χ4n) is 0.919. The second-order valence-electron chi connectivity index (χ2n) is 3.48. The SMILES string of the molecule is CC(C)CNC(=O)Oc1ccccc1. The van der Waals surface area contributed by atoms with E-state index in [0.29, 0.717) is 18.2 Å². The number of hydrogen-bond donors (Lipinski definition) is 1. The molecule has 0 atom stereocenters. The van der Waals surface area contributed by atoms with Crippen LogP contribution in [-0.4, -0.2) is 12.6 Å². The summed E-state index contributed by atoms with van der Waals surface area (Å²) < 4.78 is 5.01. The fourth-order valence-corrected chi connectivity index (χ4v) is 0.919. The number of benzene rings is 1. The van der Waals surface area contributed by atoms with Crippen LogP contribution < -0.4 is 10.1 Å². The van der Waals surface area contributed by atoms with E-state index in [9.17, 15) is 4.79 Å². The highest BCUT2D eigenvalue weighted by Gasteiger charge is 2.03. The highest BCUT2D eigenvalue weighted by Crippen LogP contribution is 2.07. The summed E-state index contributed by atoms with van der Waals surface area (Å²) in [6.45, 7) is 4.69. The van der Waals surface area contributed by atoms with E-state index >= 15 is 0 Å². The largest absolute Gasteiger partial charge is 0.412 e. The number of nitrogens with one attached hydrogen (secondary N) is 1. The van der Waals surface area contributed by atoms with Crippen molar-refractivity contribution in [3.05, 3.63) is 30.3 Å². The molecule has 14 heavy (non-hydrogen) atoms. The van der Waals surface area contributed by atoms with E-state index in [1.165, 1.54) is 0 Å². The van der Waals surface area contributed by atoms with Gasteiger partial charge in [0, 0.05) is 6.54 Å². The highest BCUT2D eigenvalue weighted by molar-refractivity contribution is 5.70. The van der Waals surface area contributed by atoms with Gasteiger partial charge in [-0.15, -0.1) is 0 Å². The molecule has 3 nitrogen and oxygen atoms in total. The Bertz CT molecular complexity index is 283. The van der Waals surface area contributed by atoms with Crippen LogP contribution >= 0.6 is 0 Å². The van der Waals surface area contributed by atoms with Crippen molar-refractivity contribution in [1.82, 2.24) is 5.32 Å². The maximum atomic E-state index is 11.2. The molecule has 1 aromatic rings. The summed E-state index contributed by atoms with van der Waals surface area (Å²) in [5, 5.41) is 2.67. The Morgan fingerprint density at radius 2 is 2.00 bits per heavy atom. The van der Waals surface area contributed by atoms with E-state index in [1.54, 1.807) is 12.1 Å². The molecule has 0 radical (unpaired) electrons. The van der Waals surface area contributed by atoms with Crippen molar-refractivity contribution >= 4 is 6.09 Å². The molecule has 0 unspecified atom stereocenters. The third-order valence-electron chi connectivity index (χ3n) is 1.61. The van der Waals surface area contributed by atoms with E-state index in [2.05, 4.69) is 5.32 Å². The second-order valence-corrected chi connectivity index (χ2v) is 3.48. The summed E-state index contributed by atoms with van der Waals surface area (Å²) in [4.78, 5) is 11.2. The molecule has 0 aromatic heterocycles. The lowest BCUT2D eigenvalue weighted by Crippen LogP contribution is -2.30. The van der Waals surface area contributed by atoms with Crippen molar-refractivity contribution in [2.75, 3.05) is 6.54 Å². The molecular weight excluding hydrogens is 178 g/mol. The maximum Gasteiger partial charge on any atom is 0.412 e. The zero-order valence-corrected chi connectivity index (χ0v) is 8.49. The summed E-state index contributed by atoms with van der Waals surface area (Å²) in [5.74, 6) is 0.993. The number of para-hydroxylation sites is 1. The van der Waals surface area contributed by atoms with Crippen LogP contribution in [0.5, 0.6) is 5.75 Å². The number of rotatable bonds is 3. The van der Waals surface area contributed by atoms with E-state index in [-0.39, 0.29) is 0 Å². The molecule has 1 N–H and O–H groups in total. The van der Waals surface area contributed by atoms with Crippen LogP contribution in [0.4, 0.5) is 4.79 Å². The Morgan fingerprint density at radius 1 is 1.36 bits per heavy atom. The van der Waals surface area contributed by atoms with Crippen molar-refractivity contribution < 1.29 is 9.53 Å². The number of ether oxygens (including phenoxy) is 1. The van der Waals surface area contributed by atoms with Crippen molar-refractivity contribution in [1.29, 1.82) is 0 Å². The van der Waals surface area contributed by atoms with Crippen molar-refractivity contribution in [2.24, 2.45) is 5.92 Å². The minimum Gasteiger partial charge on any atom is -0.410 e. The number of hydrogen-bond acceptors (Lipinski definition) is 2. The van der Waals surface area contributed by atoms with Gasteiger partial charge in [0.05, 0.1) is 0 Å². The molecule has 0 spiro atoms. The Morgan fingerprint density at radius 3 is 2.57 bits per heavy atom. The average molecular weight is 193 g/mol. The molecule has 0 fully saturated rings. The quantitative estimate of drug-likeness (QED) is 0.800. The lowest BCUT2D eigenvalue weighted by atomic mass is 10.2. The van der Waals surface area contributed by atoms with Gasteiger partial charge in [-0.2, -0.15) is 0 Å². The topological polar surface area (TPSA) is 38.3 Å². The smallest absolute Gasteiger partial charge is 0.410 e. The molecule has 0 heterocycles. The van der Waals surface area contributed by atoms with Crippen LogP contribution in [0.15, 0.2) is 30.3 Å². The first kappa shape index (κ1) is 10.6. The van der Waals surface area contributed by atoms with E-state index < -0.39 is 6.09 Å². The van der Waals surface area contributed by atoms with Crippen LogP contribution in [0.2, 0.25) is 0 Å². The number of carbonyl (C=O) groups is 1. The molecule has 1 rings (SSSR count). The Labute approximate surface area is 84.1 Å². The highest BCUT2D eigenvalue weighted by atomic mass is 16.5. The van der Waals surface area contributed by atoms with Gasteiger partial charge < -0.3 is 10.1 Å². The van der Waals surface area contributed by atoms with E-state index in [0.717, 1.165) is 0 Å². The summed E-state index contributed by atoms with van der Waals surface area (Å²) in [7, 11) is 0. The lowest BCUT2D eigenvalue weighted by molar-refractivity contribution is 0.199. The third kappa shape index (κ3) is 3.94. The average Bonchev–Trinajstić information content (AvgIpc) is 2.16. The summed E-state index contributed by atoms with van der Waals surface area (Å²) >= 11 is 0. The number of carbonyl (C=O) groups excluding carboxylic acids is 1. The van der Waals surface area contributed by atoms with Gasteiger partial charge in [0.25, 0.3) is 0 Å². The first-order chi connectivity index (χ1) is 6.68. The predicted molar refractivity (Wildman–Crippen MR) is 55.3 cm³/mol. The van der Waals surface area contributed by atoms with Gasteiger partial charge in [0.2, 0.25) is 0 Å². The van der Waals surface area contributed by atoms with Crippen LogP contribution in [0.25, 0.3) is 0 Å². The normalized spacial score (nSPS) is 9.93. The van der Waals surface area contributed by atoms with Gasteiger partial charge in [-0.1, -0.05) is 32.0 Å². The fraction of sp³-hybridized carbons (Fsp3) is 0.364. The van der Waals surface area contributed by atoms with Gasteiger partial charge in [-0.05, 0) is 18.1 Å². The van der Waals surface area contributed by atoms with E-state index in [1.807, 2.05) is 32.0 Å². The van der Waals surface area contributed by atoms with Gasteiger partial charge in [0.15, 0.2) is 0 Å². The minimum absolute atomic E-state index is 0.398. The van der Waals surface area contributed by atoms with Crippen molar-refractivity contribution in [3.63, 3.8) is 0 Å². The monoisotopic (exact) mass is 193 g/mol. The van der Waals surface area contributed by atoms with E-state index in [4.69, 9.17) is 4.74 Å². The molecule has 76 valence electrons. The molecule has 1 aromatic carbocycles. The second kappa shape index (κ2) is 5.27. The Balaban J connectivity index is 2.35. The zero-order valence-electron chi connectivity index (χ0n) is 8.49. The molecule has 0 aliphatic heterocycles. The standard InChI is InChI=1S/C11H15NO2/c1-9(2)8-12-11(13)14-10-6-4-3-5-7-10/h3-7,9H,8H2,1-2H3,(H,12,13). The third-order valence-corrected chi connectivity index (χ3v) is 1.61. The van der Waals surface area contributed by atoms with Crippen LogP contribution in [0.3, 0.4) is 0 Å². The maximum absolute atomic E-state index is 11.2. The summed E-state index contributed by atoms with van der Waals surface area (Å²) in [5.41, 5.74) is 0. The lowest BCUT2D eigenvalue weighted by Gasteiger charge is -2.07. The van der Waals surface area contributed by atoms with Crippen LogP contribution in [0, 0.1) is 5.92 Å². The molecular formula is C11H15NO2. The first-order valence-corrected chi connectivity index (χ1v) is 4.69. The first-order valence-electron chi connectivity index (χ1n) is 4.69. The summed E-state index contributed by atoms with van der Waals surface area (Å²) in [6, 6.07) is 9.01.